The van der Waals surface area contributed by atoms with E-state index in [0.717, 1.165) is 31.4 Å². The molecular weight excluding hydrogens is 360 g/mol. The molecule has 28 heavy (non-hydrogen) atoms. The van der Waals surface area contributed by atoms with Crippen LogP contribution in [0.4, 0.5) is 8.78 Å². The van der Waals surface area contributed by atoms with Gasteiger partial charge in [-0.25, -0.2) is 8.78 Å². The Hall–Kier alpha value is -1.27. The number of aromatic nitrogens is 2. The lowest BCUT2D eigenvalue weighted by Crippen LogP contribution is -2.53. The van der Waals surface area contributed by atoms with Crippen LogP contribution in [0.3, 0.4) is 0 Å². The van der Waals surface area contributed by atoms with E-state index in [4.69, 9.17) is 5.73 Å². The van der Waals surface area contributed by atoms with Gasteiger partial charge in [-0.3, -0.25) is 5.10 Å². The van der Waals surface area contributed by atoms with E-state index in [1.807, 2.05) is 0 Å². The van der Waals surface area contributed by atoms with Crippen molar-refractivity contribution in [2.45, 2.75) is 58.8 Å². The predicted molar refractivity (Wildman–Crippen MR) is 105 cm³/mol. The van der Waals surface area contributed by atoms with Gasteiger partial charge in [-0.15, -0.1) is 0 Å². The largest absolute Gasteiger partial charge is 0.396 e. The summed E-state index contributed by atoms with van der Waals surface area (Å²) in [7, 11) is 0. The molecule has 2 fully saturated rings. The molecule has 0 bridgehead atoms. The van der Waals surface area contributed by atoms with Crippen LogP contribution in [0.25, 0.3) is 0 Å². The summed E-state index contributed by atoms with van der Waals surface area (Å²) in [5.41, 5.74) is 8.89. The van der Waals surface area contributed by atoms with E-state index in [-0.39, 0.29) is 29.0 Å². The van der Waals surface area contributed by atoms with Crippen molar-refractivity contribution in [2.24, 2.45) is 40.2 Å². The minimum Gasteiger partial charge on any atom is -0.396 e. The van der Waals surface area contributed by atoms with E-state index in [2.05, 4.69) is 30.6 Å². The molecule has 4 rings (SSSR count). The lowest BCUT2D eigenvalue weighted by Gasteiger charge is -2.55. The van der Waals surface area contributed by atoms with Crippen LogP contribution in [0, 0.1) is 34.5 Å². The second-order valence-electron chi connectivity index (χ2n) is 9.84. The van der Waals surface area contributed by atoms with E-state index in [1.54, 1.807) is 0 Å². The van der Waals surface area contributed by atoms with Crippen LogP contribution < -0.4 is 5.73 Å². The maximum absolute atomic E-state index is 13.5. The van der Waals surface area contributed by atoms with E-state index >= 15 is 0 Å². The summed E-state index contributed by atoms with van der Waals surface area (Å²) in [6.45, 7) is 9.53. The fourth-order valence-electron chi connectivity index (χ4n) is 7.02. The number of hydrogen-bond acceptors (Lipinski definition) is 3. The maximum Gasteiger partial charge on any atom is 0.282 e. The van der Waals surface area contributed by atoms with Crippen molar-refractivity contribution < 1.29 is 13.9 Å². The van der Waals surface area contributed by atoms with Gasteiger partial charge in [0.15, 0.2) is 0 Å². The molecule has 1 heterocycles. The molecule has 156 valence electrons. The summed E-state index contributed by atoms with van der Waals surface area (Å²) in [5.74, 6) is 1.17. The Bertz CT molecular complexity index is 763. The van der Waals surface area contributed by atoms with Crippen LogP contribution in [0.1, 0.15) is 62.9 Å². The Morgan fingerprint density at radius 1 is 1.32 bits per heavy atom. The van der Waals surface area contributed by atoms with E-state index < -0.39 is 6.43 Å². The lowest BCUT2D eigenvalue weighted by molar-refractivity contribution is -0.0539. The van der Waals surface area contributed by atoms with Crippen LogP contribution in [-0.2, 0) is 12.8 Å². The molecule has 0 unspecified atom stereocenters. The molecule has 0 spiro atoms. The molecule has 3 aliphatic carbocycles. The standard InChI is InChI=1S/C22H33F2N3O/c1-12-4-5-16-15(10-25)17(6-7-21(12,16)2)22(3)9-14-18(8-13(22)11-28)26-27-19(14)20(23)24/h13,15-17,20,28H,1,4-11,25H2,2-3H3,(H,26,27)/t13-,15+,16+,17+,21-,22+/m1/s1. The number of aliphatic hydroxyl groups excluding tert-OH is 1. The van der Waals surface area contributed by atoms with Crippen molar-refractivity contribution in [3.05, 3.63) is 29.1 Å². The first-order chi connectivity index (χ1) is 13.3. The maximum atomic E-state index is 13.5. The fraction of sp³-hybridized carbons (Fsp3) is 0.773. The number of fused-ring (bicyclic) bond motifs is 2. The monoisotopic (exact) mass is 393 g/mol. The molecule has 6 atom stereocenters. The molecule has 0 saturated heterocycles. The first-order valence-electron chi connectivity index (χ1n) is 10.6. The highest BCUT2D eigenvalue weighted by Gasteiger charge is 2.56. The summed E-state index contributed by atoms with van der Waals surface area (Å²) >= 11 is 0. The summed E-state index contributed by atoms with van der Waals surface area (Å²) < 4.78 is 27.0. The zero-order chi connectivity index (χ0) is 20.3. The SMILES string of the molecule is C=C1CC[C@H]2[C@H](CN)[C@@H]([C@@]3(C)Cc4c(C(F)F)n[nH]c4C[C@@H]3CO)CC[C@]12C. The highest BCUT2D eigenvalue weighted by molar-refractivity contribution is 5.32. The number of halogens is 2. The fourth-order valence-corrected chi connectivity index (χ4v) is 7.02. The third-order valence-corrected chi connectivity index (χ3v) is 8.86. The third kappa shape index (κ3) is 2.71. The van der Waals surface area contributed by atoms with E-state index in [9.17, 15) is 13.9 Å². The summed E-state index contributed by atoms with van der Waals surface area (Å²) in [6.07, 6.45) is 2.80. The molecular formula is C22H33F2N3O. The molecule has 0 radical (unpaired) electrons. The number of H-pyrrole nitrogens is 1. The van der Waals surface area contributed by atoms with Gasteiger partial charge in [-0.1, -0.05) is 26.0 Å². The number of nitrogens with one attached hydrogen (secondary N) is 1. The second-order valence-corrected chi connectivity index (χ2v) is 9.84. The van der Waals surface area contributed by atoms with Gasteiger partial charge in [0.25, 0.3) is 6.43 Å². The number of aliphatic hydroxyl groups is 1. The topological polar surface area (TPSA) is 74.9 Å². The van der Waals surface area contributed by atoms with Crippen molar-refractivity contribution in [1.29, 1.82) is 0 Å². The molecule has 4 N–H and O–H groups in total. The minimum absolute atomic E-state index is 0.0268. The Morgan fingerprint density at radius 3 is 2.71 bits per heavy atom. The van der Waals surface area contributed by atoms with E-state index in [0.29, 0.717) is 42.7 Å². The highest BCUT2D eigenvalue weighted by atomic mass is 19.3. The van der Waals surface area contributed by atoms with Gasteiger partial charge in [0.1, 0.15) is 5.69 Å². The molecule has 4 nitrogen and oxygen atoms in total. The second kappa shape index (κ2) is 6.91. The average molecular weight is 394 g/mol. The van der Waals surface area contributed by atoms with Gasteiger partial charge in [-0.05, 0) is 79.6 Å². The number of hydrogen-bond donors (Lipinski definition) is 3. The zero-order valence-electron chi connectivity index (χ0n) is 17.0. The molecule has 0 aromatic carbocycles. The molecule has 3 aliphatic rings. The molecule has 0 amide bonds. The first-order valence-corrected chi connectivity index (χ1v) is 10.6. The number of aromatic amines is 1. The van der Waals surface area contributed by atoms with E-state index in [1.165, 1.54) is 5.57 Å². The van der Waals surface area contributed by atoms with Crippen LogP contribution in [0.15, 0.2) is 12.2 Å². The smallest absolute Gasteiger partial charge is 0.282 e. The summed E-state index contributed by atoms with van der Waals surface area (Å²) in [4.78, 5) is 0. The van der Waals surface area contributed by atoms with Gasteiger partial charge in [0.05, 0.1) is 0 Å². The molecule has 2 saturated carbocycles. The van der Waals surface area contributed by atoms with Crippen LogP contribution in [0.5, 0.6) is 0 Å². The third-order valence-electron chi connectivity index (χ3n) is 8.86. The number of allylic oxidation sites excluding steroid dienone is 1. The van der Waals surface area contributed by atoms with Crippen molar-refractivity contribution >= 4 is 0 Å². The van der Waals surface area contributed by atoms with Gasteiger partial charge in [0.2, 0.25) is 0 Å². The summed E-state index contributed by atoms with van der Waals surface area (Å²) in [5, 5.41) is 16.9. The minimum atomic E-state index is -2.58. The van der Waals surface area contributed by atoms with Crippen LogP contribution in [-0.4, -0.2) is 28.5 Å². The van der Waals surface area contributed by atoms with Gasteiger partial charge in [-0.2, -0.15) is 5.10 Å². The van der Waals surface area contributed by atoms with Crippen molar-refractivity contribution in [1.82, 2.24) is 10.2 Å². The van der Waals surface area contributed by atoms with Crippen LogP contribution >= 0.6 is 0 Å². The number of nitrogens with two attached hydrogens (primary N) is 1. The lowest BCUT2D eigenvalue weighted by atomic mass is 9.49. The quantitative estimate of drug-likeness (QED) is 0.677. The average Bonchev–Trinajstić information content (AvgIpc) is 3.20. The number of rotatable bonds is 4. The summed E-state index contributed by atoms with van der Waals surface area (Å²) in [6, 6.07) is 0. The Kier molecular flexibility index (Phi) is 4.94. The van der Waals surface area contributed by atoms with Crippen molar-refractivity contribution in [3.63, 3.8) is 0 Å². The molecule has 1 aromatic rings. The Balaban J connectivity index is 1.71. The van der Waals surface area contributed by atoms with Crippen LogP contribution in [0.2, 0.25) is 0 Å². The predicted octanol–water partition coefficient (Wildman–Crippen LogP) is 4.02. The molecule has 0 aliphatic heterocycles. The molecule has 1 aromatic heterocycles. The Morgan fingerprint density at radius 2 is 2.07 bits per heavy atom. The Labute approximate surface area is 166 Å². The van der Waals surface area contributed by atoms with Crippen molar-refractivity contribution in [2.75, 3.05) is 13.2 Å². The van der Waals surface area contributed by atoms with Gasteiger partial charge >= 0.3 is 0 Å². The normalized spacial score (nSPS) is 40.6. The number of nitrogens with zero attached hydrogens (tertiary/aromatic N) is 1. The van der Waals surface area contributed by atoms with Gasteiger partial charge in [0, 0.05) is 17.9 Å². The number of alkyl halides is 2. The van der Waals surface area contributed by atoms with Crippen molar-refractivity contribution in [3.8, 4) is 0 Å². The van der Waals surface area contributed by atoms with Gasteiger partial charge < -0.3 is 10.8 Å². The first kappa shape index (κ1) is 20.0. The highest BCUT2D eigenvalue weighted by Crippen LogP contribution is 2.62. The zero-order valence-corrected chi connectivity index (χ0v) is 17.0. The molecule has 6 heteroatoms.